The predicted octanol–water partition coefficient (Wildman–Crippen LogP) is 2.38. The molecule has 1 heterocycles. The minimum absolute atomic E-state index is 0.157. The highest BCUT2D eigenvalue weighted by molar-refractivity contribution is 5.88. The van der Waals surface area contributed by atoms with Crippen LogP contribution in [0, 0.1) is 5.92 Å². The predicted molar refractivity (Wildman–Crippen MR) is 77.9 cm³/mol. The maximum Gasteiger partial charge on any atom is 0.244 e. The van der Waals surface area contributed by atoms with E-state index in [9.17, 15) is 4.79 Å². The largest absolute Gasteiger partial charge is 0.385 e. The fraction of sp³-hybridized carbons (Fsp3) is 0.933. The number of amides is 1. The number of nitrogens with zero attached hydrogens (tertiary/aromatic N) is 1. The normalized spacial score (nSPS) is 29.3. The minimum atomic E-state index is -0.402. The Morgan fingerprint density at radius 1 is 1.42 bits per heavy atom. The first-order valence-electron chi connectivity index (χ1n) is 7.45. The molecular formula is C15H30N2O2. The van der Waals surface area contributed by atoms with Crippen molar-refractivity contribution < 1.29 is 9.53 Å². The number of methoxy groups -OCH3 is 1. The summed E-state index contributed by atoms with van der Waals surface area (Å²) in [7, 11) is 1.71. The number of hydrogen-bond donors (Lipinski definition) is 1. The molecule has 0 aromatic carbocycles. The van der Waals surface area contributed by atoms with Crippen LogP contribution in [-0.2, 0) is 9.53 Å². The zero-order valence-electron chi connectivity index (χ0n) is 13.3. The van der Waals surface area contributed by atoms with Gasteiger partial charge in [0.2, 0.25) is 5.91 Å². The Morgan fingerprint density at radius 2 is 2.05 bits per heavy atom. The van der Waals surface area contributed by atoms with Crippen molar-refractivity contribution in [3.05, 3.63) is 0 Å². The second-order valence-corrected chi connectivity index (χ2v) is 6.32. The summed E-state index contributed by atoms with van der Waals surface area (Å²) < 4.78 is 5.14. The van der Waals surface area contributed by atoms with Crippen LogP contribution in [0.5, 0.6) is 0 Å². The summed E-state index contributed by atoms with van der Waals surface area (Å²) in [6.45, 7) is 11.3. The van der Waals surface area contributed by atoms with Gasteiger partial charge in [0.05, 0.1) is 11.7 Å². The Morgan fingerprint density at radius 3 is 2.53 bits per heavy atom. The van der Waals surface area contributed by atoms with Gasteiger partial charge in [0.1, 0.15) is 0 Å². The molecule has 1 saturated heterocycles. The molecule has 3 unspecified atom stereocenters. The highest BCUT2D eigenvalue weighted by atomic mass is 16.5. The molecule has 0 bridgehead atoms. The van der Waals surface area contributed by atoms with E-state index in [2.05, 4.69) is 33.0 Å². The summed E-state index contributed by atoms with van der Waals surface area (Å²) >= 11 is 0. The highest BCUT2D eigenvalue weighted by Crippen LogP contribution is 2.29. The van der Waals surface area contributed by atoms with E-state index in [0.717, 1.165) is 19.3 Å². The topological polar surface area (TPSA) is 41.6 Å². The lowest BCUT2D eigenvalue weighted by molar-refractivity contribution is -0.135. The van der Waals surface area contributed by atoms with Crippen LogP contribution in [0.2, 0.25) is 0 Å². The standard InChI is InChI=1S/C15H30N2O2/c1-7-15(5)14(18)17(12(4)8-9-19-6)13(16-15)10-11(2)3/h11-13,16H,7-10H2,1-6H3. The highest BCUT2D eigenvalue weighted by Gasteiger charge is 2.47. The average molecular weight is 270 g/mol. The lowest BCUT2D eigenvalue weighted by Gasteiger charge is -2.31. The fourth-order valence-corrected chi connectivity index (χ4v) is 2.73. The molecule has 0 saturated carbocycles. The lowest BCUT2D eigenvalue weighted by Crippen LogP contribution is -2.44. The van der Waals surface area contributed by atoms with Crippen molar-refractivity contribution in [1.29, 1.82) is 0 Å². The first-order chi connectivity index (χ1) is 8.85. The van der Waals surface area contributed by atoms with E-state index in [4.69, 9.17) is 4.74 Å². The van der Waals surface area contributed by atoms with Gasteiger partial charge in [-0.05, 0) is 39.0 Å². The zero-order chi connectivity index (χ0) is 14.6. The molecule has 1 aliphatic rings. The Bertz CT molecular complexity index is 307. The van der Waals surface area contributed by atoms with Crippen LogP contribution < -0.4 is 5.32 Å². The lowest BCUT2D eigenvalue weighted by atomic mass is 9.99. The van der Waals surface area contributed by atoms with Gasteiger partial charge in [0.15, 0.2) is 0 Å². The molecule has 1 rings (SSSR count). The molecule has 4 heteroatoms. The van der Waals surface area contributed by atoms with Gasteiger partial charge in [-0.3, -0.25) is 10.1 Å². The fourth-order valence-electron chi connectivity index (χ4n) is 2.73. The SMILES string of the molecule is CCC1(C)NC(CC(C)C)N(C(C)CCOC)C1=O. The molecule has 0 aromatic heterocycles. The van der Waals surface area contributed by atoms with Crippen LogP contribution in [0.1, 0.15) is 53.9 Å². The molecule has 1 aliphatic heterocycles. The maximum atomic E-state index is 12.7. The van der Waals surface area contributed by atoms with E-state index in [0.29, 0.717) is 12.5 Å². The first-order valence-corrected chi connectivity index (χ1v) is 7.45. The molecule has 0 aliphatic carbocycles. The van der Waals surface area contributed by atoms with Crippen molar-refractivity contribution in [2.45, 2.75) is 71.6 Å². The second kappa shape index (κ2) is 6.71. The van der Waals surface area contributed by atoms with Crippen LogP contribution in [0.25, 0.3) is 0 Å². The number of ether oxygens (including phenoxy) is 1. The molecule has 4 nitrogen and oxygen atoms in total. The summed E-state index contributed by atoms with van der Waals surface area (Å²) in [6.07, 6.45) is 2.87. The van der Waals surface area contributed by atoms with Gasteiger partial charge in [0, 0.05) is 19.8 Å². The van der Waals surface area contributed by atoms with Gasteiger partial charge in [-0.15, -0.1) is 0 Å². The molecule has 19 heavy (non-hydrogen) atoms. The molecule has 0 spiro atoms. The van der Waals surface area contributed by atoms with Crippen molar-refractivity contribution >= 4 is 5.91 Å². The van der Waals surface area contributed by atoms with E-state index in [-0.39, 0.29) is 18.1 Å². The third-order valence-electron chi connectivity index (χ3n) is 4.14. The van der Waals surface area contributed by atoms with E-state index in [1.54, 1.807) is 7.11 Å². The van der Waals surface area contributed by atoms with Crippen LogP contribution >= 0.6 is 0 Å². The van der Waals surface area contributed by atoms with Crippen molar-refractivity contribution in [2.24, 2.45) is 5.92 Å². The number of hydrogen-bond acceptors (Lipinski definition) is 3. The molecule has 1 N–H and O–H groups in total. The number of nitrogens with one attached hydrogen (secondary N) is 1. The third kappa shape index (κ3) is 3.69. The molecule has 0 radical (unpaired) electrons. The van der Waals surface area contributed by atoms with Crippen molar-refractivity contribution in [3.63, 3.8) is 0 Å². The zero-order valence-corrected chi connectivity index (χ0v) is 13.3. The van der Waals surface area contributed by atoms with Gasteiger partial charge >= 0.3 is 0 Å². The van der Waals surface area contributed by atoms with Crippen LogP contribution in [-0.4, -0.2) is 42.3 Å². The molecule has 1 amide bonds. The molecular weight excluding hydrogens is 240 g/mol. The first kappa shape index (κ1) is 16.4. The average Bonchev–Trinajstić information content (AvgIpc) is 2.58. The summed E-state index contributed by atoms with van der Waals surface area (Å²) in [5.74, 6) is 0.811. The van der Waals surface area contributed by atoms with Crippen LogP contribution in [0.4, 0.5) is 0 Å². The summed E-state index contributed by atoms with van der Waals surface area (Å²) in [4.78, 5) is 14.7. The van der Waals surface area contributed by atoms with Crippen LogP contribution in [0.15, 0.2) is 0 Å². The van der Waals surface area contributed by atoms with Gasteiger partial charge in [-0.2, -0.15) is 0 Å². The van der Waals surface area contributed by atoms with E-state index < -0.39 is 5.54 Å². The molecule has 112 valence electrons. The van der Waals surface area contributed by atoms with Crippen molar-refractivity contribution in [3.8, 4) is 0 Å². The quantitative estimate of drug-likeness (QED) is 0.772. The summed E-state index contributed by atoms with van der Waals surface area (Å²) in [5, 5.41) is 3.54. The van der Waals surface area contributed by atoms with Crippen LogP contribution in [0.3, 0.4) is 0 Å². The molecule has 1 fully saturated rings. The Hall–Kier alpha value is -0.610. The van der Waals surface area contributed by atoms with Gasteiger partial charge in [-0.1, -0.05) is 20.8 Å². The minimum Gasteiger partial charge on any atom is -0.385 e. The van der Waals surface area contributed by atoms with E-state index in [1.807, 2.05) is 11.8 Å². The van der Waals surface area contributed by atoms with Crippen molar-refractivity contribution in [1.82, 2.24) is 10.2 Å². The second-order valence-electron chi connectivity index (χ2n) is 6.32. The maximum absolute atomic E-state index is 12.7. The summed E-state index contributed by atoms with van der Waals surface area (Å²) in [5.41, 5.74) is -0.402. The molecule has 0 aromatic rings. The van der Waals surface area contributed by atoms with Gasteiger partial charge in [-0.25, -0.2) is 0 Å². The Labute approximate surface area is 117 Å². The Kier molecular flexibility index (Phi) is 5.81. The van der Waals surface area contributed by atoms with Gasteiger partial charge < -0.3 is 9.64 Å². The van der Waals surface area contributed by atoms with E-state index >= 15 is 0 Å². The van der Waals surface area contributed by atoms with E-state index in [1.165, 1.54) is 0 Å². The number of carbonyl (C=O) groups is 1. The molecule has 3 atom stereocenters. The van der Waals surface area contributed by atoms with Crippen molar-refractivity contribution in [2.75, 3.05) is 13.7 Å². The number of carbonyl (C=O) groups excluding carboxylic acids is 1. The monoisotopic (exact) mass is 270 g/mol. The van der Waals surface area contributed by atoms with Gasteiger partial charge in [0.25, 0.3) is 0 Å². The smallest absolute Gasteiger partial charge is 0.244 e. The summed E-state index contributed by atoms with van der Waals surface area (Å²) in [6, 6.07) is 0.220. The Balaban J connectivity index is 2.85. The number of rotatable bonds is 7. The third-order valence-corrected chi connectivity index (χ3v) is 4.14.